The highest BCUT2D eigenvalue weighted by Crippen LogP contribution is 2.38. The van der Waals surface area contributed by atoms with E-state index in [1.54, 1.807) is 25.7 Å². The van der Waals surface area contributed by atoms with Crippen LogP contribution in [-0.4, -0.2) is 70.5 Å². The predicted molar refractivity (Wildman–Crippen MR) is 185 cm³/mol. The van der Waals surface area contributed by atoms with Crippen molar-refractivity contribution in [3.05, 3.63) is 50.4 Å². The minimum atomic E-state index is -0.860. The van der Waals surface area contributed by atoms with E-state index in [1.165, 1.54) is 19.3 Å². The molecule has 2 atom stereocenters. The summed E-state index contributed by atoms with van der Waals surface area (Å²) in [6.07, 6.45) is 2.48. The third-order valence-corrected chi connectivity index (χ3v) is 9.24. The van der Waals surface area contributed by atoms with Gasteiger partial charge in [0.2, 0.25) is 0 Å². The Hall–Kier alpha value is -4.48. The van der Waals surface area contributed by atoms with Crippen LogP contribution < -0.4 is 24.7 Å². The lowest BCUT2D eigenvalue weighted by Gasteiger charge is -2.42. The fourth-order valence-corrected chi connectivity index (χ4v) is 7.21. The number of amides is 2. The Morgan fingerprint density at radius 3 is 2.33 bits per heavy atom. The predicted octanol–water partition coefficient (Wildman–Crippen LogP) is 6.39. The monoisotopic (exact) mass is 714 g/mol. The molecule has 2 fully saturated rings. The molecule has 2 bridgehead atoms. The summed E-state index contributed by atoms with van der Waals surface area (Å²) in [6, 6.07) is 3.08. The number of carbonyl (C=O) groups is 2. The molecule has 1 N–H and O–H groups in total. The molecule has 11 nitrogen and oxygen atoms in total. The molecule has 49 heavy (non-hydrogen) atoms. The van der Waals surface area contributed by atoms with Gasteiger partial charge < -0.3 is 19.1 Å². The smallest absolute Gasteiger partial charge is 0.412 e. The second-order valence-corrected chi connectivity index (χ2v) is 15.1. The Balaban J connectivity index is 1.62. The van der Waals surface area contributed by atoms with Crippen molar-refractivity contribution in [1.29, 1.82) is 5.26 Å². The van der Waals surface area contributed by atoms with Gasteiger partial charge in [0.15, 0.2) is 5.82 Å². The van der Waals surface area contributed by atoms with Gasteiger partial charge in [0, 0.05) is 29.3 Å². The van der Waals surface area contributed by atoms with Crippen molar-refractivity contribution in [2.75, 3.05) is 30.4 Å². The van der Waals surface area contributed by atoms with E-state index in [9.17, 15) is 14.9 Å². The SMILES string of the molecule is C=C/C(F)=c1/sc(NC(=O)OC(C)(C)C)c(C#N)/c1=C\c1c(Cl)cc2c(N3CC4CCC(C3)N4C(=O)OC(C)(C)C)nc(OC)nc2c1F. The van der Waals surface area contributed by atoms with Crippen LogP contribution in [-0.2, 0) is 9.47 Å². The van der Waals surface area contributed by atoms with Gasteiger partial charge in [-0.05, 0) is 72.6 Å². The van der Waals surface area contributed by atoms with Crippen LogP contribution in [0.25, 0.3) is 22.8 Å². The number of piperazine rings is 1. The second-order valence-electron chi connectivity index (χ2n) is 13.7. The summed E-state index contributed by atoms with van der Waals surface area (Å²) in [6.45, 7) is 14.8. The maximum absolute atomic E-state index is 16.6. The maximum atomic E-state index is 16.6. The largest absolute Gasteiger partial charge is 0.467 e. The van der Waals surface area contributed by atoms with Crippen molar-refractivity contribution in [2.24, 2.45) is 0 Å². The fraction of sp³-hybridized carbons (Fsp3) is 0.441. The molecule has 2 aromatic heterocycles. The molecular formula is C34H37ClF2N6O5S. The number of anilines is 2. The summed E-state index contributed by atoms with van der Waals surface area (Å²) in [4.78, 5) is 38.2. The third-order valence-electron chi connectivity index (χ3n) is 7.80. The molecule has 15 heteroatoms. The molecule has 2 amide bonds. The Kier molecular flexibility index (Phi) is 9.82. The molecule has 3 aromatic rings. The molecule has 0 radical (unpaired) electrons. The van der Waals surface area contributed by atoms with E-state index >= 15 is 8.78 Å². The van der Waals surface area contributed by atoms with Gasteiger partial charge in [0.25, 0.3) is 0 Å². The number of nitrogens with one attached hydrogen (secondary N) is 1. The third kappa shape index (κ3) is 7.43. The van der Waals surface area contributed by atoms with E-state index < -0.39 is 28.9 Å². The van der Waals surface area contributed by atoms with E-state index in [2.05, 4.69) is 21.9 Å². The topological polar surface area (TPSA) is 130 Å². The number of aromatic nitrogens is 2. The van der Waals surface area contributed by atoms with Crippen LogP contribution in [0.3, 0.4) is 0 Å². The van der Waals surface area contributed by atoms with Crippen molar-refractivity contribution in [1.82, 2.24) is 14.9 Å². The van der Waals surface area contributed by atoms with Crippen LogP contribution in [0.2, 0.25) is 5.02 Å². The number of ether oxygens (including phenoxy) is 3. The quantitative estimate of drug-likeness (QED) is 0.320. The molecule has 2 saturated heterocycles. The van der Waals surface area contributed by atoms with Crippen molar-refractivity contribution < 1.29 is 32.6 Å². The number of halogens is 3. The number of rotatable bonds is 5. The number of benzene rings is 1. The Morgan fingerprint density at radius 1 is 1.14 bits per heavy atom. The molecule has 1 aromatic carbocycles. The van der Waals surface area contributed by atoms with E-state index in [1.807, 2.05) is 31.7 Å². The molecular weight excluding hydrogens is 678 g/mol. The lowest BCUT2D eigenvalue weighted by Crippen LogP contribution is -2.57. The Bertz CT molecular complexity index is 2000. The molecule has 5 rings (SSSR count). The summed E-state index contributed by atoms with van der Waals surface area (Å²) in [5.74, 6) is -1.28. The van der Waals surface area contributed by atoms with Crippen LogP contribution >= 0.6 is 22.9 Å². The zero-order valence-corrected chi connectivity index (χ0v) is 29.8. The van der Waals surface area contributed by atoms with Gasteiger partial charge in [-0.1, -0.05) is 18.2 Å². The minimum absolute atomic E-state index is 0.00115. The highest BCUT2D eigenvalue weighted by atomic mass is 35.5. The molecule has 0 spiro atoms. The average Bonchev–Trinajstić information content (AvgIpc) is 3.48. The first-order chi connectivity index (χ1) is 22.9. The molecule has 2 unspecified atom stereocenters. The Morgan fingerprint density at radius 2 is 1.78 bits per heavy atom. The highest BCUT2D eigenvalue weighted by Gasteiger charge is 2.45. The number of methoxy groups -OCH3 is 1. The maximum Gasteiger partial charge on any atom is 0.412 e. The van der Waals surface area contributed by atoms with Crippen LogP contribution in [0.4, 0.5) is 29.2 Å². The summed E-state index contributed by atoms with van der Waals surface area (Å²) >= 11 is 7.50. The molecule has 260 valence electrons. The van der Waals surface area contributed by atoms with Gasteiger partial charge in [-0.2, -0.15) is 15.2 Å². The summed E-state index contributed by atoms with van der Waals surface area (Å²) in [5.41, 5.74) is -1.89. The highest BCUT2D eigenvalue weighted by molar-refractivity contribution is 7.14. The number of hydrogen-bond acceptors (Lipinski definition) is 10. The fourth-order valence-electron chi connectivity index (χ4n) is 5.92. The molecule has 4 heterocycles. The van der Waals surface area contributed by atoms with Crippen molar-refractivity contribution in [2.45, 2.75) is 77.7 Å². The van der Waals surface area contributed by atoms with Crippen molar-refractivity contribution in [3.8, 4) is 12.1 Å². The van der Waals surface area contributed by atoms with Gasteiger partial charge in [0.05, 0.1) is 34.3 Å². The first-order valence-electron chi connectivity index (χ1n) is 15.5. The summed E-state index contributed by atoms with van der Waals surface area (Å²) in [7, 11) is 1.36. The van der Waals surface area contributed by atoms with E-state index in [4.69, 9.17) is 25.8 Å². The van der Waals surface area contributed by atoms with Gasteiger partial charge in [-0.15, -0.1) is 11.3 Å². The molecule has 0 saturated carbocycles. The zero-order valence-electron chi connectivity index (χ0n) is 28.2. The first-order valence-corrected chi connectivity index (χ1v) is 16.7. The average molecular weight is 715 g/mol. The first kappa shape index (κ1) is 35.8. The number of allylic oxidation sites excluding steroid dienone is 1. The van der Waals surface area contributed by atoms with Crippen LogP contribution in [0.15, 0.2) is 18.7 Å². The number of thiophene rings is 1. The zero-order chi connectivity index (χ0) is 36.0. The van der Waals surface area contributed by atoms with Crippen molar-refractivity contribution in [3.63, 3.8) is 0 Å². The number of carbonyl (C=O) groups excluding carboxylic acids is 2. The van der Waals surface area contributed by atoms with E-state index in [0.717, 1.165) is 30.3 Å². The van der Waals surface area contributed by atoms with Crippen LogP contribution in [0.5, 0.6) is 6.01 Å². The van der Waals surface area contributed by atoms with Gasteiger partial charge in [-0.25, -0.2) is 18.4 Å². The molecule has 2 aliphatic heterocycles. The standard InChI is InChI=1S/C34H37ClF2N6O5S/c1-9-24(36)27-19(22(14-38)29(49-27)41-31(44)47-33(2,3)4)12-20-23(35)13-21-26(25(20)37)39-30(46-8)40-28(21)42-15-17-10-11-18(16-42)43(17)32(45)48-34(5,6)7/h9,12-13,17-18H,1,10-11,15-16H2,2-8H3,(H,41,44)/b19-12+,27-24-. The summed E-state index contributed by atoms with van der Waals surface area (Å²) < 4.78 is 48.0. The number of nitrogens with zero attached hydrogens (tertiary/aromatic N) is 5. The van der Waals surface area contributed by atoms with Gasteiger partial charge in [0.1, 0.15) is 39.4 Å². The molecule has 2 aliphatic rings. The van der Waals surface area contributed by atoms with Gasteiger partial charge in [-0.3, -0.25) is 10.2 Å². The minimum Gasteiger partial charge on any atom is -0.467 e. The second kappa shape index (κ2) is 13.4. The van der Waals surface area contributed by atoms with E-state index in [-0.39, 0.29) is 60.6 Å². The van der Waals surface area contributed by atoms with Gasteiger partial charge >= 0.3 is 18.2 Å². The van der Waals surface area contributed by atoms with E-state index in [0.29, 0.717) is 24.3 Å². The van der Waals surface area contributed by atoms with Crippen LogP contribution in [0.1, 0.15) is 65.5 Å². The lowest BCUT2D eigenvalue weighted by molar-refractivity contribution is 0.0122. The normalized spacial score (nSPS) is 18.7. The number of fused-ring (bicyclic) bond motifs is 3. The van der Waals surface area contributed by atoms with Crippen molar-refractivity contribution >= 4 is 68.7 Å². The Labute approximate surface area is 291 Å². The summed E-state index contributed by atoms with van der Waals surface area (Å²) in [5, 5.41) is 12.8. The van der Waals surface area contributed by atoms with Crippen LogP contribution in [0, 0.1) is 17.1 Å². The lowest BCUT2D eigenvalue weighted by atomic mass is 10.1. The number of nitriles is 1. The number of hydrogen-bond donors (Lipinski definition) is 1. The molecule has 0 aliphatic carbocycles.